The van der Waals surface area contributed by atoms with Crippen LogP contribution in [-0.4, -0.2) is 53.6 Å². The van der Waals surface area contributed by atoms with Gasteiger partial charge in [0.15, 0.2) is 0 Å². The zero-order valence-electron chi connectivity index (χ0n) is 11.6. The van der Waals surface area contributed by atoms with Gasteiger partial charge in [-0.15, -0.1) is 0 Å². The third-order valence-electron chi connectivity index (χ3n) is 3.18. The highest BCUT2D eigenvalue weighted by Gasteiger charge is 2.36. The first-order chi connectivity index (χ1) is 8.30. The fourth-order valence-corrected chi connectivity index (χ4v) is 2.08. The Morgan fingerprint density at radius 2 is 2.22 bits per heavy atom. The predicted octanol–water partition coefficient (Wildman–Crippen LogP) is 1.34. The molecule has 1 rings (SSSR count). The average molecular weight is 276 g/mol. The van der Waals surface area contributed by atoms with E-state index in [0.29, 0.717) is 17.3 Å². The molecule has 1 N–H and O–H groups in total. The fourth-order valence-electron chi connectivity index (χ4n) is 1.75. The van der Waals surface area contributed by atoms with Crippen molar-refractivity contribution in [2.45, 2.75) is 32.1 Å². The second-order valence-electron chi connectivity index (χ2n) is 4.89. The summed E-state index contributed by atoms with van der Waals surface area (Å²) >= 11 is 6.13. The molecule has 104 valence electrons. The predicted molar refractivity (Wildman–Crippen MR) is 71.8 cm³/mol. The van der Waals surface area contributed by atoms with Crippen molar-refractivity contribution in [2.75, 3.05) is 27.7 Å². The summed E-state index contributed by atoms with van der Waals surface area (Å²) < 4.78 is 6.95. The number of halogens is 1. The van der Waals surface area contributed by atoms with Crippen LogP contribution in [0.15, 0.2) is 6.20 Å². The van der Waals surface area contributed by atoms with Gasteiger partial charge in [-0.05, 0) is 27.9 Å². The Bertz CT molecular complexity index is 391. The number of ether oxygens (including phenoxy) is 1. The molecule has 0 fully saturated rings. The molecule has 1 aromatic heterocycles. The van der Waals surface area contributed by atoms with Crippen LogP contribution >= 0.6 is 11.6 Å². The molecule has 5 nitrogen and oxygen atoms in total. The van der Waals surface area contributed by atoms with E-state index in [-0.39, 0.29) is 6.10 Å². The lowest BCUT2D eigenvalue weighted by atomic mass is 9.96. The molecule has 0 aromatic carbocycles. The largest absolute Gasteiger partial charge is 0.381 e. The SMILES string of the molecule is COC(C)C(C)(O)c1c(Cl)cnn1CCN(C)C. The first kappa shape index (κ1) is 15.4. The maximum atomic E-state index is 10.6. The molecular weight excluding hydrogens is 254 g/mol. The molecule has 0 aliphatic carbocycles. The third kappa shape index (κ3) is 3.23. The highest BCUT2D eigenvalue weighted by Crippen LogP contribution is 2.31. The van der Waals surface area contributed by atoms with E-state index in [9.17, 15) is 5.11 Å². The number of nitrogens with zero attached hydrogens (tertiary/aromatic N) is 3. The molecule has 1 heterocycles. The molecule has 18 heavy (non-hydrogen) atoms. The van der Waals surface area contributed by atoms with Crippen LogP contribution in [0.25, 0.3) is 0 Å². The maximum absolute atomic E-state index is 10.6. The van der Waals surface area contributed by atoms with Gasteiger partial charge in [0, 0.05) is 13.7 Å². The van der Waals surface area contributed by atoms with Crippen molar-refractivity contribution in [1.82, 2.24) is 14.7 Å². The minimum absolute atomic E-state index is 0.371. The van der Waals surface area contributed by atoms with Crippen molar-refractivity contribution in [3.63, 3.8) is 0 Å². The van der Waals surface area contributed by atoms with E-state index in [4.69, 9.17) is 16.3 Å². The quantitative estimate of drug-likeness (QED) is 0.851. The Morgan fingerprint density at radius 1 is 1.61 bits per heavy atom. The Kier molecular flexibility index (Phi) is 5.16. The van der Waals surface area contributed by atoms with Crippen molar-refractivity contribution < 1.29 is 9.84 Å². The minimum atomic E-state index is -1.17. The van der Waals surface area contributed by atoms with Gasteiger partial charge < -0.3 is 14.7 Å². The van der Waals surface area contributed by atoms with Crippen LogP contribution < -0.4 is 0 Å². The zero-order chi connectivity index (χ0) is 13.9. The molecule has 0 bridgehead atoms. The number of likely N-dealkylation sites (N-methyl/N-ethyl adjacent to an activating group) is 1. The lowest BCUT2D eigenvalue weighted by Crippen LogP contribution is -2.38. The molecule has 0 spiro atoms. The van der Waals surface area contributed by atoms with Crippen LogP contribution in [0.1, 0.15) is 19.5 Å². The number of methoxy groups -OCH3 is 1. The smallest absolute Gasteiger partial charge is 0.131 e. The first-order valence-electron chi connectivity index (χ1n) is 5.92. The first-order valence-corrected chi connectivity index (χ1v) is 6.30. The van der Waals surface area contributed by atoms with Crippen LogP contribution in [0.4, 0.5) is 0 Å². The molecule has 1 aromatic rings. The second kappa shape index (κ2) is 6.02. The summed E-state index contributed by atoms with van der Waals surface area (Å²) in [6.45, 7) is 4.99. The molecule has 0 radical (unpaired) electrons. The number of aromatic nitrogens is 2. The normalized spacial score (nSPS) is 16.9. The van der Waals surface area contributed by atoms with Crippen molar-refractivity contribution in [2.24, 2.45) is 0 Å². The van der Waals surface area contributed by atoms with Gasteiger partial charge in [-0.2, -0.15) is 5.10 Å². The number of hydrogen-bond acceptors (Lipinski definition) is 4. The van der Waals surface area contributed by atoms with E-state index >= 15 is 0 Å². The molecule has 6 heteroatoms. The Labute approximate surface area is 113 Å². The monoisotopic (exact) mass is 275 g/mol. The summed E-state index contributed by atoms with van der Waals surface area (Å²) in [5.74, 6) is 0. The molecule has 0 saturated heterocycles. The molecule has 0 saturated carbocycles. The summed E-state index contributed by atoms with van der Waals surface area (Å²) in [6, 6.07) is 0. The van der Waals surface area contributed by atoms with Gasteiger partial charge in [0.2, 0.25) is 0 Å². The molecule has 2 unspecified atom stereocenters. The van der Waals surface area contributed by atoms with Gasteiger partial charge in [0.25, 0.3) is 0 Å². The summed E-state index contributed by atoms with van der Waals surface area (Å²) in [5, 5.41) is 15.3. The van der Waals surface area contributed by atoms with Gasteiger partial charge >= 0.3 is 0 Å². The van der Waals surface area contributed by atoms with E-state index in [2.05, 4.69) is 5.10 Å². The number of hydrogen-bond donors (Lipinski definition) is 1. The van der Waals surface area contributed by atoms with E-state index < -0.39 is 5.60 Å². The summed E-state index contributed by atoms with van der Waals surface area (Å²) in [5.41, 5.74) is -0.574. The Morgan fingerprint density at radius 3 is 2.72 bits per heavy atom. The third-order valence-corrected chi connectivity index (χ3v) is 3.45. The molecular formula is C12H22ClN3O2. The van der Waals surface area contributed by atoms with E-state index in [0.717, 1.165) is 6.54 Å². The average Bonchev–Trinajstić information content (AvgIpc) is 2.67. The summed E-state index contributed by atoms with van der Waals surface area (Å²) in [6.07, 6.45) is 1.19. The van der Waals surface area contributed by atoms with Crippen molar-refractivity contribution >= 4 is 11.6 Å². The molecule has 2 atom stereocenters. The zero-order valence-corrected chi connectivity index (χ0v) is 12.4. The standard InChI is InChI=1S/C12H22ClN3O2/c1-9(18-5)12(2,17)11-10(13)8-14-16(11)7-6-15(3)4/h8-9,17H,6-7H2,1-5H3. The highest BCUT2D eigenvalue weighted by atomic mass is 35.5. The molecule has 0 aliphatic heterocycles. The van der Waals surface area contributed by atoms with Crippen LogP contribution in [0.2, 0.25) is 5.02 Å². The minimum Gasteiger partial charge on any atom is -0.381 e. The summed E-state index contributed by atoms with van der Waals surface area (Å²) in [7, 11) is 5.54. The van der Waals surface area contributed by atoms with Gasteiger partial charge in [-0.25, -0.2) is 0 Å². The second-order valence-corrected chi connectivity index (χ2v) is 5.30. The van der Waals surface area contributed by atoms with E-state index in [1.165, 1.54) is 0 Å². The molecule has 0 amide bonds. The van der Waals surface area contributed by atoms with Crippen molar-refractivity contribution in [1.29, 1.82) is 0 Å². The lowest BCUT2D eigenvalue weighted by molar-refractivity contribution is -0.0823. The van der Waals surface area contributed by atoms with E-state index in [1.807, 2.05) is 19.0 Å². The highest BCUT2D eigenvalue weighted by molar-refractivity contribution is 6.31. The fraction of sp³-hybridized carbons (Fsp3) is 0.750. The molecule has 0 aliphatic rings. The summed E-state index contributed by atoms with van der Waals surface area (Å²) in [4.78, 5) is 2.05. The van der Waals surface area contributed by atoms with Crippen LogP contribution in [0.5, 0.6) is 0 Å². The Hall–Kier alpha value is -0.620. The van der Waals surface area contributed by atoms with Gasteiger partial charge in [0.05, 0.1) is 29.6 Å². The van der Waals surface area contributed by atoms with E-state index in [1.54, 1.807) is 31.8 Å². The van der Waals surface area contributed by atoms with Crippen LogP contribution in [0.3, 0.4) is 0 Å². The van der Waals surface area contributed by atoms with Crippen molar-refractivity contribution in [3.8, 4) is 0 Å². The van der Waals surface area contributed by atoms with Crippen molar-refractivity contribution in [3.05, 3.63) is 16.9 Å². The van der Waals surface area contributed by atoms with Crippen LogP contribution in [0, 0.1) is 0 Å². The maximum Gasteiger partial charge on any atom is 0.131 e. The Balaban J connectivity index is 3.03. The van der Waals surface area contributed by atoms with Gasteiger partial charge in [-0.1, -0.05) is 11.6 Å². The van der Waals surface area contributed by atoms with Crippen LogP contribution in [-0.2, 0) is 16.9 Å². The van der Waals surface area contributed by atoms with Gasteiger partial charge in [0.1, 0.15) is 5.60 Å². The number of rotatable bonds is 6. The lowest BCUT2D eigenvalue weighted by Gasteiger charge is -2.30. The topological polar surface area (TPSA) is 50.5 Å². The number of aliphatic hydroxyl groups is 1. The van der Waals surface area contributed by atoms with Gasteiger partial charge in [-0.3, -0.25) is 4.68 Å².